The summed E-state index contributed by atoms with van der Waals surface area (Å²) in [5.41, 5.74) is 6.02. The molecule has 0 radical (unpaired) electrons. The highest BCUT2D eigenvalue weighted by atomic mass is 19.1. The van der Waals surface area contributed by atoms with E-state index in [-0.39, 0.29) is 5.75 Å². The van der Waals surface area contributed by atoms with E-state index in [0.717, 1.165) is 0 Å². The Labute approximate surface area is 82.4 Å². The summed E-state index contributed by atoms with van der Waals surface area (Å²) in [5, 5.41) is 0. The molecule has 0 aliphatic heterocycles. The lowest BCUT2D eigenvalue weighted by Crippen LogP contribution is -2.08. The number of nitrogens with zero attached hydrogens (tertiary/aromatic N) is 1. The molecule has 0 saturated carbocycles. The molecule has 1 rings (SSSR count). The summed E-state index contributed by atoms with van der Waals surface area (Å²) in [6.07, 6.45) is 0.646. The fourth-order valence-electron chi connectivity index (χ4n) is 0.970. The minimum Gasteiger partial charge on any atom is -0.494 e. The van der Waals surface area contributed by atoms with Gasteiger partial charge in [0.05, 0.1) is 18.6 Å². The standard InChI is InChI=1S/C10H13FN2O/c1-3-10(12)13-7-4-5-9(14-2)8(11)6-7/h4-6H,3H2,1-2H3,(H2,12,13). The maximum absolute atomic E-state index is 13.2. The van der Waals surface area contributed by atoms with E-state index < -0.39 is 5.82 Å². The number of benzene rings is 1. The molecule has 0 amide bonds. The lowest BCUT2D eigenvalue weighted by atomic mass is 10.3. The number of hydrogen-bond donors (Lipinski definition) is 1. The van der Waals surface area contributed by atoms with Crippen molar-refractivity contribution in [3.05, 3.63) is 24.0 Å². The summed E-state index contributed by atoms with van der Waals surface area (Å²) in [4.78, 5) is 4.01. The van der Waals surface area contributed by atoms with Crippen molar-refractivity contribution in [1.82, 2.24) is 0 Å². The quantitative estimate of drug-likeness (QED) is 0.595. The Hall–Kier alpha value is -1.58. The molecule has 0 aliphatic rings. The van der Waals surface area contributed by atoms with E-state index in [9.17, 15) is 4.39 Å². The molecule has 4 heteroatoms. The highest BCUT2D eigenvalue weighted by Gasteiger charge is 2.02. The van der Waals surface area contributed by atoms with Crippen LogP contribution in [0, 0.1) is 5.82 Å². The van der Waals surface area contributed by atoms with E-state index >= 15 is 0 Å². The number of nitrogens with two attached hydrogens (primary N) is 1. The number of rotatable bonds is 3. The average molecular weight is 196 g/mol. The van der Waals surface area contributed by atoms with Crippen LogP contribution in [0.15, 0.2) is 23.2 Å². The molecule has 3 nitrogen and oxygen atoms in total. The van der Waals surface area contributed by atoms with E-state index in [1.165, 1.54) is 19.2 Å². The predicted octanol–water partition coefficient (Wildman–Crippen LogP) is 2.23. The maximum atomic E-state index is 13.2. The second-order valence-corrected chi connectivity index (χ2v) is 2.78. The molecule has 1 aromatic rings. The molecule has 0 atom stereocenters. The van der Waals surface area contributed by atoms with Crippen molar-refractivity contribution in [2.75, 3.05) is 7.11 Å². The Bertz CT molecular complexity index is 350. The first-order chi connectivity index (χ1) is 6.67. The predicted molar refractivity (Wildman–Crippen MR) is 54.5 cm³/mol. The van der Waals surface area contributed by atoms with Crippen molar-refractivity contribution in [3.63, 3.8) is 0 Å². The van der Waals surface area contributed by atoms with Crippen molar-refractivity contribution in [3.8, 4) is 5.75 Å². The van der Waals surface area contributed by atoms with Gasteiger partial charge in [-0.05, 0) is 12.1 Å². The van der Waals surface area contributed by atoms with Gasteiger partial charge < -0.3 is 10.5 Å². The number of ether oxygens (including phenoxy) is 1. The molecular weight excluding hydrogens is 183 g/mol. The minimum atomic E-state index is -0.433. The molecule has 0 aliphatic carbocycles. The van der Waals surface area contributed by atoms with Crippen LogP contribution in [0.1, 0.15) is 13.3 Å². The van der Waals surface area contributed by atoms with Crippen LogP contribution in [0.2, 0.25) is 0 Å². The third kappa shape index (κ3) is 2.45. The molecule has 0 fully saturated rings. The number of amidine groups is 1. The third-order valence-electron chi connectivity index (χ3n) is 1.77. The maximum Gasteiger partial charge on any atom is 0.167 e. The zero-order chi connectivity index (χ0) is 10.6. The van der Waals surface area contributed by atoms with Crippen molar-refractivity contribution in [2.45, 2.75) is 13.3 Å². The second kappa shape index (κ2) is 4.60. The van der Waals surface area contributed by atoms with Crippen LogP contribution in [0.4, 0.5) is 10.1 Å². The van der Waals surface area contributed by atoms with Gasteiger partial charge in [0.25, 0.3) is 0 Å². The van der Waals surface area contributed by atoms with Gasteiger partial charge in [0.1, 0.15) is 0 Å². The summed E-state index contributed by atoms with van der Waals surface area (Å²) < 4.78 is 17.9. The van der Waals surface area contributed by atoms with E-state index in [4.69, 9.17) is 10.5 Å². The van der Waals surface area contributed by atoms with E-state index in [0.29, 0.717) is 17.9 Å². The molecule has 0 bridgehead atoms. The SMILES string of the molecule is CCC(N)=Nc1ccc(OC)c(F)c1. The Morgan fingerprint density at radius 3 is 2.79 bits per heavy atom. The molecule has 1 aromatic carbocycles. The topological polar surface area (TPSA) is 47.6 Å². The Balaban J connectivity index is 2.97. The van der Waals surface area contributed by atoms with Crippen molar-refractivity contribution < 1.29 is 9.13 Å². The monoisotopic (exact) mass is 196 g/mol. The molecule has 76 valence electrons. The first-order valence-electron chi connectivity index (χ1n) is 4.34. The molecule has 0 aromatic heterocycles. The van der Waals surface area contributed by atoms with Crippen LogP contribution < -0.4 is 10.5 Å². The van der Waals surface area contributed by atoms with Gasteiger partial charge in [-0.25, -0.2) is 9.38 Å². The largest absolute Gasteiger partial charge is 0.494 e. The summed E-state index contributed by atoms with van der Waals surface area (Å²) in [6, 6.07) is 4.48. The zero-order valence-corrected chi connectivity index (χ0v) is 8.25. The van der Waals surface area contributed by atoms with Gasteiger partial charge in [-0.15, -0.1) is 0 Å². The van der Waals surface area contributed by atoms with Crippen LogP contribution in [-0.2, 0) is 0 Å². The van der Waals surface area contributed by atoms with Gasteiger partial charge in [-0.1, -0.05) is 6.92 Å². The molecule has 0 saturated heterocycles. The summed E-state index contributed by atoms with van der Waals surface area (Å²) in [5.74, 6) is 0.256. The van der Waals surface area contributed by atoms with Gasteiger partial charge in [0.2, 0.25) is 0 Å². The fourth-order valence-corrected chi connectivity index (χ4v) is 0.970. The van der Waals surface area contributed by atoms with Gasteiger partial charge in [0, 0.05) is 12.5 Å². The molecular formula is C10H13FN2O. The van der Waals surface area contributed by atoms with E-state index in [1.807, 2.05) is 6.92 Å². The van der Waals surface area contributed by atoms with Gasteiger partial charge in [-0.3, -0.25) is 0 Å². The normalized spacial score (nSPS) is 11.5. The van der Waals surface area contributed by atoms with Crippen molar-refractivity contribution >= 4 is 11.5 Å². The lowest BCUT2D eigenvalue weighted by molar-refractivity contribution is 0.386. The van der Waals surface area contributed by atoms with Gasteiger partial charge in [0.15, 0.2) is 11.6 Å². The van der Waals surface area contributed by atoms with Crippen molar-refractivity contribution in [1.29, 1.82) is 0 Å². The Kier molecular flexibility index (Phi) is 3.45. The smallest absolute Gasteiger partial charge is 0.167 e. The summed E-state index contributed by atoms with van der Waals surface area (Å²) >= 11 is 0. The number of methoxy groups -OCH3 is 1. The van der Waals surface area contributed by atoms with Crippen LogP contribution in [0.25, 0.3) is 0 Å². The zero-order valence-electron chi connectivity index (χ0n) is 8.25. The van der Waals surface area contributed by atoms with E-state index in [1.54, 1.807) is 6.07 Å². The lowest BCUT2D eigenvalue weighted by Gasteiger charge is -2.02. The van der Waals surface area contributed by atoms with Gasteiger partial charge >= 0.3 is 0 Å². The minimum absolute atomic E-state index is 0.207. The summed E-state index contributed by atoms with van der Waals surface area (Å²) in [7, 11) is 1.42. The second-order valence-electron chi connectivity index (χ2n) is 2.78. The van der Waals surface area contributed by atoms with Crippen LogP contribution >= 0.6 is 0 Å². The molecule has 14 heavy (non-hydrogen) atoms. The summed E-state index contributed by atoms with van der Waals surface area (Å²) in [6.45, 7) is 1.89. The Morgan fingerprint density at radius 1 is 1.57 bits per heavy atom. The van der Waals surface area contributed by atoms with Crippen molar-refractivity contribution in [2.24, 2.45) is 10.7 Å². The van der Waals surface area contributed by atoms with Crippen LogP contribution in [0.3, 0.4) is 0 Å². The number of halogens is 1. The van der Waals surface area contributed by atoms with Gasteiger partial charge in [-0.2, -0.15) is 0 Å². The first-order valence-corrected chi connectivity index (χ1v) is 4.34. The molecule has 2 N–H and O–H groups in total. The average Bonchev–Trinajstić information content (AvgIpc) is 2.18. The molecule has 0 heterocycles. The molecule has 0 unspecified atom stereocenters. The third-order valence-corrected chi connectivity index (χ3v) is 1.77. The Morgan fingerprint density at radius 2 is 2.29 bits per heavy atom. The fraction of sp³-hybridized carbons (Fsp3) is 0.300. The molecule has 0 spiro atoms. The van der Waals surface area contributed by atoms with Crippen LogP contribution in [0.5, 0.6) is 5.75 Å². The number of aliphatic imine (C=N–C) groups is 1. The van der Waals surface area contributed by atoms with Crippen LogP contribution in [-0.4, -0.2) is 12.9 Å². The number of hydrogen-bond acceptors (Lipinski definition) is 2. The highest BCUT2D eigenvalue weighted by Crippen LogP contribution is 2.22. The van der Waals surface area contributed by atoms with E-state index in [2.05, 4.69) is 4.99 Å². The first kappa shape index (κ1) is 10.5. The highest BCUT2D eigenvalue weighted by molar-refractivity contribution is 5.82.